The zero-order valence-corrected chi connectivity index (χ0v) is 7.81. The Morgan fingerprint density at radius 1 is 1.62 bits per heavy atom. The third-order valence-corrected chi connectivity index (χ3v) is 0.302. The Kier molecular flexibility index (Phi) is 45.2. The number of carboxylic acids is 1. The quantitative estimate of drug-likeness (QED) is 0.497. The SMILES string of the molecule is CCC(=O)O.O.[H-].[H-].[H-].[H-].[Mg+2].[Mg+2]. The summed E-state index contributed by atoms with van der Waals surface area (Å²) in [7, 11) is 0. The van der Waals surface area contributed by atoms with E-state index in [0.29, 0.717) is 0 Å². The molecule has 0 unspecified atom stereocenters. The van der Waals surface area contributed by atoms with Crippen LogP contribution in [0.3, 0.4) is 0 Å². The van der Waals surface area contributed by atoms with Gasteiger partial charge in [0.2, 0.25) is 0 Å². The molecule has 0 aromatic carbocycles. The maximum Gasteiger partial charge on any atom is 2.00 e. The minimum atomic E-state index is -0.745. The molecule has 0 heterocycles. The zero-order chi connectivity index (χ0) is 4.28. The first kappa shape index (κ1) is 23.1. The smallest absolute Gasteiger partial charge is 1.00 e. The van der Waals surface area contributed by atoms with Crippen LogP contribution in [-0.4, -0.2) is 62.7 Å². The molecule has 3 nitrogen and oxygen atoms in total. The molecular weight excluding hydrogens is 133 g/mol. The first-order chi connectivity index (χ1) is 2.27. The molecular formula is C3H12Mg2O3. The second-order valence-electron chi connectivity index (χ2n) is 0.747. The molecule has 0 aromatic rings. The first-order valence-corrected chi connectivity index (χ1v) is 1.49. The van der Waals surface area contributed by atoms with E-state index in [2.05, 4.69) is 0 Å². The fraction of sp³-hybridized carbons (Fsp3) is 0.667. The number of aliphatic carboxylic acids is 1. The number of carbonyl (C=O) groups is 1. The van der Waals surface area contributed by atoms with Gasteiger partial charge in [-0.15, -0.1) is 0 Å². The predicted molar refractivity (Wildman–Crippen MR) is 37.5 cm³/mol. The van der Waals surface area contributed by atoms with E-state index in [1.165, 1.54) is 0 Å². The van der Waals surface area contributed by atoms with E-state index in [9.17, 15) is 4.79 Å². The van der Waals surface area contributed by atoms with Gasteiger partial charge >= 0.3 is 52.1 Å². The standard InChI is InChI=1S/C3H6O2.2Mg.H2O.4H/c1-2-3(4)5;;;;;;;/h2H2,1H3,(H,4,5);;;1H2;;;;/q;2*+2;;4*-1. The van der Waals surface area contributed by atoms with Gasteiger partial charge in [0.1, 0.15) is 0 Å². The van der Waals surface area contributed by atoms with E-state index >= 15 is 0 Å². The van der Waals surface area contributed by atoms with E-state index in [-0.39, 0.29) is 63.7 Å². The van der Waals surface area contributed by atoms with Crippen molar-refractivity contribution in [2.45, 2.75) is 13.3 Å². The van der Waals surface area contributed by atoms with Gasteiger partial charge in [0.15, 0.2) is 0 Å². The van der Waals surface area contributed by atoms with Crippen molar-refractivity contribution in [3.8, 4) is 0 Å². The Balaban J connectivity index is -0.00000000381. The Morgan fingerprint density at radius 2 is 1.75 bits per heavy atom. The largest absolute Gasteiger partial charge is 2.00 e. The van der Waals surface area contributed by atoms with Crippen LogP contribution in [0.5, 0.6) is 0 Å². The molecule has 0 rings (SSSR count). The molecule has 3 N–H and O–H groups in total. The van der Waals surface area contributed by atoms with E-state index in [1.54, 1.807) is 6.92 Å². The Morgan fingerprint density at radius 3 is 1.75 bits per heavy atom. The van der Waals surface area contributed by atoms with Crippen molar-refractivity contribution >= 4 is 52.1 Å². The van der Waals surface area contributed by atoms with Crippen LogP contribution < -0.4 is 0 Å². The van der Waals surface area contributed by atoms with Gasteiger partial charge in [0, 0.05) is 6.42 Å². The summed E-state index contributed by atoms with van der Waals surface area (Å²) in [5.74, 6) is -0.745. The van der Waals surface area contributed by atoms with Gasteiger partial charge in [-0.2, -0.15) is 0 Å². The molecule has 0 bridgehead atoms. The second-order valence-corrected chi connectivity index (χ2v) is 0.747. The van der Waals surface area contributed by atoms with Crippen LogP contribution >= 0.6 is 0 Å². The van der Waals surface area contributed by atoms with Crippen molar-refractivity contribution < 1.29 is 21.1 Å². The predicted octanol–water partition coefficient (Wildman–Crippen LogP) is -0.655. The molecule has 0 aromatic heterocycles. The van der Waals surface area contributed by atoms with Crippen LogP contribution in [0.4, 0.5) is 0 Å². The summed E-state index contributed by atoms with van der Waals surface area (Å²) in [6.07, 6.45) is 0.222. The molecule has 0 saturated carbocycles. The molecule has 46 valence electrons. The maximum atomic E-state index is 9.37. The van der Waals surface area contributed by atoms with Gasteiger partial charge in [0.25, 0.3) is 0 Å². The number of rotatable bonds is 1. The number of hydrogen-bond acceptors (Lipinski definition) is 1. The Bertz CT molecular complexity index is 58.8. The minimum Gasteiger partial charge on any atom is -1.00 e. The molecule has 0 radical (unpaired) electrons. The fourth-order valence-corrected chi connectivity index (χ4v) is 0. The molecule has 0 aliphatic rings. The second kappa shape index (κ2) is 15.7. The molecule has 0 aliphatic heterocycles. The van der Waals surface area contributed by atoms with Crippen molar-refractivity contribution in [2.24, 2.45) is 0 Å². The molecule has 0 spiro atoms. The van der Waals surface area contributed by atoms with Gasteiger partial charge < -0.3 is 16.3 Å². The molecule has 0 atom stereocenters. The average Bonchev–Trinajstić information content (AvgIpc) is 1.38. The van der Waals surface area contributed by atoms with E-state index in [4.69, 9.17) is 5.11 Å². The molecule has 0 amide bonds. The van der Waals surface area contributed by atoms with Crippen molar-refractivity contribution in [3.05, 3.63) is 0 Å². The van der Waals surface area contributed by atoms with Gasteiger partial charge in [-0.3, -0.25) is 4.79 Å². The number of carboxylic acid groups (broad SMARTS) is 1. The topological polar surface area (TPSA) is 68.8 Å². The summed E-state index contributed by atoms with van der Waals surface area (Å²) in [5, 5.41) is 7.72. The summed E-state index contributed by atoms with van der Waals surface area (Å²) in [6.45, 7) is 1.60. The van der Waals surface area contributed by atoms with Crippen LogP contribution in [0.1, 0.15) is 19.1 Å². The van der Waals surface area contributed by atoms with Crippen LogP contribution in [0.25, 0.3) is 0 Å². The van der Waals surface area contributed by atoms with Crippen LogP contribution in [0.15, 0.2) is 0 Å². The molecule has 5 heteroatoms. The van der Waals surface area contributed by atoms with Gasteiger partial charge in [0.05, 0.1) is 0 Å². The van der Waals surface area contributed by atoms with E-state index in [0.717, 1.165) is 0 Å². The Labute approximate surface area is 86.4 Å². The molecule has 0 aliphatic carbocycles. The molecule has 0 fully saturated rings. The van der Waals surface area contributed by atoms with Crippen molar-refractivity contribution in [2.75, 3.05) is 0 Å². The summed E-state index contributed by atoms with van der Waals surface area (Å²) < 4.78 is 0. The molecule has 0 saturated heterocycles. The van der Waals surface area contributed by atoms with Gasteiger partial charge in [-0.05, 0) is 0 Å². The summed E-state index contributed by atoms with van der Waals surface area (Å²) in [5.41, 5.74) is 0. The van der Waals surface area contributed by atoms with Gasteiger partial charge in [-0.1, -0.05) is 6.92 Å². The minimum absolute atomic E-state index is 0. The molecule has 8 heavy (non-hydrogen) atoms. The maximum absolute atomic E-state index is 9.37. The summed E-state index contributed by atoms with van der Waals surface area (Å²) in [4.78, 5) is 9.37. The first-order valence-electron chi connectivity index (χ1n) is 1.49. The summed E-state index contributed by atoms with van der Waals surface area (Å²) >= 11 is 0. The van der Waals surface area contributed by atoms with E-state index in [1.807, 2.05) is 0 Å². The third-order valence-electron chi connectivity index (χ3n) is 0.302. The van der Waals surface area contributed by atoms with E-state index < -0.39 is 5.97 Å². The summed E-state index contributed by atoms with van der Waals surface area (Å²) in [6, 6.07) is 0. The zero-order valence-electron chi connectivity index (χ0n) is 8.98. The van der Waals surface area contributed by atoms with Crippen molar-refractivity contribution in [1.29, 1.82) is 0 Å². The normalized spacial score (nSPS) is 4.62. The van der Waals surface area contributed by atoms with Crippen LogP contribution in [-0.2, 0) is 4.79 Å². The fourth-order valence-electron chi connectivity index (χ4n) is 0. The van der Waals surface area contributed by atoms with Crippen molar-refractivity contribution in [3.63, 3.8) is 0 Å². The Hall–Kier alpha value is 0.962. The van der Waals surface area contributed by atoms with Crippen LogP contribution in [0, 0.1) is 0 Å². The monoisotopic (exact) mass is 144 g/mol. The van der Waals surface area contributed by atoms with Crippen LogP contribution in [0.2, 0.25) is 0 Å². The van der Waals surface area contributed by atoms with Crippen molar-refractivity contribution in [1.82, 2.24) is 0 Å². The number of hydrogen-bond donors (Lipinski definition) is 1. The third kappa shape index (κ3) is 28.2. The average molecular weight is 145 g/mol. The van der Waals surface area contributed by atoms with Gasteiger partial charge in [-0.25, -0.2) is 0 Å².